The summed E-state index contributed by atoms with van der Waals surface area (Å²) in [7, 11) is 0. The van der Waals surface area contributed by atoms with Gasteiger partial charge < -0.3 is 24.7 Å². The monoisotopic (exact) mass is 363 g/mol. The molecular weight excluding hydrogens is 340 g/mol. The molecule has 0 aliphatic rings. The molecule has 0 radical (unpaired) electrons. The molecule has 0 atom stereocenters. The van der Waals surface area contributed by atoms with Crippen molar-refractivity contribution in [1.29, 1.82) is 0 Å². The molecular formula is C18H23N2O4S-. The standard InChI is InChI=1S/C18H24N2O4S/c1-4-6-9-24-14-8-7-13(10-15(14)23-5-2)11-19-18-20-12(3)16(25-18)17(21)22/h7-8,10H,4-6,9,11H2,1-3H3,(H,19,20)(H,21,22)/p-1. The first-order valence-electron chi connectivity index (χ1n) is 8.36. The van der Waals surface area contributed by atoms with Gasteiger partial charge in [-0.2, -0.15) is 0 Å². The van der Waals surface area contributed by atoms with Crippen LogP contribution < -0.4 is 19.9 Å². The molecule has 2 rings (SSSR count). The summed E-state index contributed by atoms with van der Waals surface area (Å²) >= 11 is 1.08. The molecule has 7 heteroatoms. The fraction of sp³-hybridized carbons (Fsp3) is 0.444. The van der Waals surface area contributed by atoms with Gasteiger partial charge >= 0.3 is 0 Å². The number of carboxylic acid groups (broad SMARTS) is 1. The van der Waals surface area contributed by atoms with Crippen molar-refractivity contribution in [3.63, 3.8) is 0 Å². The lowest BCUT2D eigenvalue weighted by Gasteiger charge is -2.13. The van der Waals surface area contributed by atoms with Crippen molar-refractivity contribution in [3.05, 3.63) is 34.3 Å². The summed E-state index contributed by atoms with van der Waals surface area (Å²) < 4.78 is 11.4. The van der Waals surface area contributed by atoms with Crippen LogP contribution in [0, 0.1) is 6.92 Å². The fourth-order valence-electron chi connectivity index (χ4n) is 2.22. The van der Waals surface area contributed by atoms with Crippen LogP contribution in [0.3, 0.4) is 0 Å². The number of benzene rings is 1. The van der Waals surface area contributed by atoms with Crippen molar-refractivity contribution >= 4 is 22.4 Å². The van der Waals surface area contributed by atoms with Gasteiger partial charge in [0.25, 0.3) is 0 Å². The number of unbranched alkanes of at least 4 members (excludes halogenated alkanes) is 1. The number of anilines is 1. The number of aromatic carboxylic acids is 1. The number of nitrogens with one attached hydrogen (secondary N) is 1. The molecule has 0 bridgehead atoms. The molecule has 0 aliphatic carbocycles. The topological polar surface area (TPSA) is 83.5 Å². The highest BCUT2D eigenvalue weighted by atomic mass is 32.1. The predicted octanol–water partition coefficient (Wildman–Crippen LogP) is 3.00. The van der Waals surface area contributed by atoms with Gasteiger partial charge in [0.2, 0.25) is 0 Å². The quantitative estimate of drug-likeness (QED) is 0.653. The molecule has 0 saturated heterocycles. The zero-order valence-corrected chi connectivity index (χ0v) is 15.6. The van der Waals surface area contributed by atoms with Gasteiger partial charge in [-0.05, 0) is 38.0 Å². The molecule has 1 aromatic heterocycles. The Morgan fingerprint density at radius 3 is 2.72 bits per heavy atom. The third-order valence-electron chi connectivity index (χ3n) is 3.49. The van der Waals surface area contributed by atoms with Crippen LogP contribution in [0.5, 0.6) is 11.5 Å². The van der Waals surface area contributed by atoms with Gasteiger partial charge in [0.15, 0.2) is 16.6 Å². The highest BCUT2D eigenvalue weighted by molar-refractivity contribution is 7.17. The highest BCUT2D eigenvalue weighted by Crippen LogP contribution is 2.29. The molecule has 0 fully saturated rings. The van der Waals surface area contributed by atoms with Gasteiger partial charge in [0.1, 0.15) is 0 Å². The first-order valence-corrected chi connectivity index (χ1v) is 9.18. The smallest absolute Gasteiger partial charge is 0.183 e. The van der Waals surface area contributed by atoms with Crippen molar-refractivity contribution in [2.75, 3.05) is 18.5 Å². The fourth-order valence-corrected chi connectivity index (χ4v) is 3.01. The molecule has 2 aromatic rings. The first-order chi connectivity index (χ1) is 12.0. The van der Waals surface area contributed by atoms with Crippen molar-refractivity contribution < 1.29 is 19.4 Å². The van der Waals surface area contributed by atoms with E-state index in [0.29, 0.717) is 36.3 Å². The maximum atomic E-state index is 11.0. The molecule has 1 N–H and O–H groups in total. The van der Waals surface area contributed by atoms with E-state index in [1.807, 2.05) is 25.1 Å². The summed E-state index contributed by atoms with van der Waals surface area (Å²) in [6.07, 6.45) is 2.08. The number of carboxylic acids is 1. The number of nitrogens with zero attached hydrogens (tertiary/aromatic N) is 1. The van der Waals surface area contributed by atoms with Crippen molar-refractivity contribution in [2.24, 2.45) is 0 Å². The van der Waals surface area contributed by atoms with Gasteiger partial charge in [-0.3, -0.25) is 0 Å². The molecule has 1 aromatic carbocycles. The molecule has 0 aliphatic heterocycles. The van der Waals surface area contributed by atoms with E-state index >= 15 is 0 Å². The maximum Gasteiger partial charge on any atom is 0.183 e. The maximum absolute atomic E-state index is 11.0. The number of aromatic nitrogens is 1. The Bertz CT molecular complexity index is 715. The van der Waals surface area contributed by atoms with Crippen molar-refractivity contribution in [1.82, 2.24) is 4.98 Å². The number of aryl methyl sites for hydroxylation is 1. The summed E-state index contributed by atoms with van der Waals surface area (Å²) in [5.41, 5.74) is 1.45. The van der Waals surface area contributed by atoms with Crippen LogP contribution in [0.4, 0.5) is 5.13 Å². The summed E-state index contributed by atoms with van der Waals surface area (Å²) in [6.45, 7) is 7.44. The summed E-state index contributed by atoms with van der Waals surface area (Å²) in [5, 5.41) is 14.7. The number of hydrogen-bond donors (Lipinski definition) is 1. The van der Waals surface area contributed by atoms with Gasteiger partial charge in [-0.1, -0.05) is 30.7 Å². The van der Waals surface area contributed by atoms with E-state index in [1.54, 1.807) is 6.92 Å². The lowest BCUT2D eigenvalue weighted by atomic mass is 10.2. The second-order valence-electron chi connectivity index (χ2n) is 5.49. The average Bonchev–Trinajstić information content (AvgIpc) is 2.96. The Morgan fingerprint density at radius 2 is 2.08 bits per heavy atom. The second-order valence-corrected chi connectivity index (χ2v) is 6.49. The van der Waals surface area contributed by atoms with E-state index < -0.39 is 5.97 Å². The van der Waals surface area contributed by atoms with E-state index in [1.165, 1.54) is 0 Å². The Hall–Kier alpha value is -2.28. The Kier molecular flexibility index (Phi) is 7.06. The van der Waals surface area contributed by atoms with Crippen LogP contribution in [-0.4, -0.2) is 24.2 Å². The Balaban J connectivity index is 2.05. The number of thiazole rings is 1. The molecule has 1 heterocycles. The second kappa shape index (κ2) is 9.27. The van der Waals surface area contributed by atoms with E-state index in [2.05, 4.69) is 17.2 Å². The molecule has 0 saturated carbocycles. The molecule has 6 nitrogen and oxygen atoms in total. The molecule has 0 amide bonds. The van der Waals surface area contributed by atoms with Gasteiger partial charge in [-0.15, -0.1) is 0 Å². The minimum Gasteiger partial charge on any atom is -0.544 e. The SMILES string of the molecule is CCCCOc1ccc(CNc2nc(C)c(C(=O)[O-])s2)cc1OCC. The van der Waals surface area contributed by atoms with Crippen LogP contribution in [0.25, 0.3) is 0 Å². The third-order valence-corrected chi connectivity index (χ3v) is 4.58. The molecule has 25 heavy (non-hydrogen) atoms. The van der Waals surface area contributed by atoms with Crippen LogP contribution in [0.15, 0.2) is 18.2 Å². The number of rotatable bonds is 10. The zero-order valence-electron chi connectivity index (χ0n) is 14.8. The minimum atomic E-state index is -1.20. The third kappa shape index (κ3) is 5.35. The van der Waals surface area contributed by atoms with E-state index in [0.717, 1.165) is 35.5 Å². The van der Waals surface area contributed by atoms with Gasteiger partial charge in [0.05, 0.1) is 29.8 Å². The minimum absolute atomic E-state index is 0.150. The normalized spacial score (nSPS) is 10.5. The summed E-state index contributed by atoms with van der Waals surface area (Å²) in [5.74, 6) is 0.252. The average molecular weight is 363 g/mol. The zero-order chi connectivity index (χ0) is 18.2. The van der Waals surface area contributed by atoms with E-state index in [4.69, 9.17) is 9.47 Å². The van der Waals surface area contributed by atoms with Crippen LogP contribution in [-0.2, 0) is 6.54 Å². The number of carbonyl (C=O) groups is 1. The van der Waals surface area contributed by atoms with Crippen LogP contribution in [0.1, 0.15) is 47.6 Å². The van der Waals surface area contributed by atoms with E-state index in [-0.39, 0.29) is 4.88 Å². The van der Waals surface area contributed by atoms with Crippen LogP contribution in [0.2, 0.25) is 0 Å². The Labute approximate surface area is 151 Å². The number of ether oxygens (including phenoxy) is 2. The predicted molar refractivity (Wildman–Crippen MR) is 96.5 cm³/mol. The Morgan fingerprint density at radius 1 is 1.28 bits per heavy atom. The largest absolute Gasteiger partial charge is 0.544 e. The van der Waals surface area contributed by atoms with E-state index in [9.17, 15) is 9.90 Å². The lowest BCUT2D eigenvalue weighted by molar-refractivity contribution is -0.254. The molecule has 136 valence electrons. The molecule has 0 spiro atoms. The van der Waals surface area contributed by atoms with Crippen molar-refractivity contribution in [2.45, 2.75) is 40.2 Å². The first kappa shape index (κ1) is 19.1. The lowest BCUT2D eigenvalue weighted by Crippen LogP contribution is -2.21. The highest BCUT2D eigenvalue weighted by Gasteiger charge is 2.10. The van der Waals surface area contributed by atoms with Crippen LogP contribution >= 0.6 is 11.3 Å². The number of hydrogen-bond acceptors (Lipinski definition) is 7. The summed E-state index contributed by atoms with van der Waals surface area (Å²) in [6, 6.07) is 5.78. The van der Waals surface area contributed by atoms with Gasteiger partial charge in [0, 0.05) is 6.54 Å². The van der Waals surface area contributed by atoms with Crippen molar-refractivity contribution in [3.8, 4) is 11.5 Å². The van der Waals surface area contributed by atoms with Gasteiger partial charge in [-0.25, -0.2) is 4.98 Å². The molecule has 0 unspecified atom stereocenters. The number of carbonyl (C=O) groups excluding carboxylic acids is 1. The summed E-state index contributed by atoms with van der Waals surface area (Å²) in [4.78, 5) is 15.3.